The van der Waals surface area contributed by atoms with Crippen LogP contribution in [0, 0.1) is 0 Å². The lowest BCUT2D eigenvalue weighted by molar-refractivity contribution is -0.155. The summed E-state index contributed by atoms with van der Waals surface area (Å²) in [5.41, 5.74) is 2.91. The second kappa shape index (κ2) is 11.6. The van der Waals surface area contributed by atoms with Crippen molar-refractivity contribution in [1.82, 2.24) is 20.0 Å². The summed E-state index contributed by atoms with van der Waals surface area (Å²) in [4.78, 5) is 48.8. The zero-order chi connectivity index (χ0) is 28.3. The molecule has 41 heavy (non-hydrogen) atoms. The molecule has 3 aliphatic heterocycles. The first-order valence-corrected chi connectivity index (χ1v) is 14.2. The summed E-state index contributed by atoms with van der Waals surface area (Å²) in [6, 6.07) is 24.8. The predicted octanol–water partition coefficient (Wildman–Crippen LogP) is 2.04. The van der Waals surface area contributed by atoms with Crippen LogP contribution in [0.25, 0.3) is 0 Å². The molecule has 9 nitrogen and oxygen atoms in total. The molecule has 0 spiro atoms. The number of hydrogen-bond acceptors (Lipinski definition) is 6. The number of rotatable bonds is 6. The minimum absolute atomic E-state index is 0.0325. The van der Waals surface area contributed by atoms with Crippen molar-refractivity contribution >= 4 is 23.4 Å². The van der Waals surface area contributed by atoms with Crippen LogP contribution < -0.4 is 10.2 Å². The highest BCUT2D eigenvalue weighted by Crippen LogP contribution is 2.29. The van der Waals surface area contributed by atoms with Crippen molar-refractivity contribution in [2.24, 2.45) is 0 Å². The van der Waals surface area contributed by atoms with E-state index in [0.29, 0.717) is 39.1 Å². The van der Waals surface area contributed by atoms with Gasteiger partial charge in [0.05, 0.1) is 0 Å². The van der Waals surface area contributed by atoms with Gasteiger partial charge in [-0.1, -0.05) is 60.7 Å². The number of nitrogens with one attached hydrogen (secondary N) is 1. The second-order valence-corrected chi connectivity index (χ2v) is 10.9. The molecule has 9 heteroatoms. The summed E-state index contributed by atoms with van der Waals surface area (Å²) in [7, 11) is 0. The normalized spacial score (nSPS) is 22.2. The fourth-order valence-electron chi connectivity index (χ4n) is 6.20. The van der Waals surface area contributed by atoms with Crippen LogP contribution in [0.2, 0.25) is 0 Å². The van der Waals surface area contributed by atoms with Crippen molar-refractivity contribution in [2.75, 3.05) is 50.7 Å². The molecular weight excluding hydrogens is 518 g/mol. The van der Waals surface area contributed by atoms with Crippen LogP contribution in [0.5, 0.6) is 5.75 Å². The van der Waals surface area contributed by atoms with Crippen molar-refractivity contribution in [3.63, 3.8) is 0 Å². The van der Waals surface area contributed by atoms with Gasteiger partial charge in [0.1, 0.15) is 23.9 Å². The van der Waals surface area contributed by atoms with Gasteiger partial charge in [-0.2, -0.15) is 0 Å². The number of piperazine rings is 3. The van der Waals surface area contributed by atoms with Gasteiger partial charge in [0.2, 0.25) is 17.7 Å². The largest absolute Gasteiger partial charge is 0.508 e. The predicted molar refractivity (Wildman–Crippen MR) is 155 cm³/mol. The monoisotopic (exact) mass is 553 g/mol. The molecule has 3 heterocycles. The quantitative estimate of drug-likeness (QED) is 0.485. The standard InChI is InChI=1S/C32H35N5O4/c38-26-13-11-23(12-14-26)21-27-31(40)37-20-19-36(22-28(37)30(39)33-27)29(24-7-3-1-4-8-24)32(41)35-17-15-34(16-18-35)25-9-5-2-6-10-25/h1-14,27-29,38H,15-22H2,(H,33,39)/t27-,28+,29?/m0/s1. The highest BCUT2D eigenvalue weighted by molar-refractivity contribution is 5.97. The Morgan fingerprint density at radius 2 is 1.49 bits per heavy atom. The number of nitrogens with zero attached hydrogens (tertiary/aromatic N) is 4. The van der Waals surface area contributed by atoms with Crippen molar-refractivity contribution in [1.29, 1.82) is 0 Å². The molecule has 2 N–H and O–H groups in total. The van der Waals surface area contributed by atoms with Gasteiger partial charge in [0.15, 0.2) is 0 Å². The molecule has 3 fully saturated rings. The number of amides is 3. The van der Waals surface area contributed by atoms with Crippen molar-refractivity contribution < 1.29 is 19.5 Å². The minimum atomic E-state index is -0.652. The Morgan fingerprint density at radius 3 is 2.17 bits per heavy atom. The first-order valence-electron chi connectivity index (χ1n) is 14.2. The zero-order valence-corrected chi connectivity index (χ0v) is 22.9. The van der Waals surface area contributed by atoms with Crippen LogP contribution in [0.15, 0.2) is 84.9 Å². The molecule has 0 aromatic heterocycles. The fraction of sp³-hybridized carbons (Fsp3) is 0.344. The highest BCUT2D eigenvalue weighted by atomic mass is 16.3. The first kappa shape index (κ1) is 26.8. The molecular formula is C32H35N5O4. The molecule has 6 rings (SSSR count). The molecule has 212 valence electrons. The zero-order valence-electron chi connectivity index (χ0n) is 22.9. The summed E-state index contributed by atoms with van der Waals surface area (Å²) < 4.78 is 0. The SMILES string of the molecule is O=C1N[C@@H](Cc2ccc(O)cc2)C(=O)N2CCN(C(C(=O)N3CCN(c4ccccc4)CC3)c3ccccc3)C[C@H]12. The van der Waals surface area contributed by atoms with Crippen LogP contribution in [0.1, 0.15) is 17.2 Å². The number of carbonyl (C=O) groups excluding carboxylic acids is 3. The average Bonchev–Trinajstić information content (AvgIpc) is 3.02. The number of fused-ring (bicyclic) bond motifs is 1. The molecule has 0 saturated carbocycles. The number of phenols is 1. The smallest absolute Gasteiger partial charge is 0.246 e. The Morgan fingerprint density at radius 1 is 0.829 bits per heavy atom. The fourth-order valence-corrected chi connectivity index (χ4v) is 6.20. The molecule has 0 aliphatic carbocycles. The Labute approximate surface area is 240 Å². The van der Waals surface area contributed by atoms with E-state index in [1.165, 1.54) is 0 Å². The molecule has 0 bridgehead atoms. The number of benzene rings is 3. The molecule has 3 amide bonds. The van der Waals surface area contributed by atoms with Gasteiger partial charge in [-0.05, 0) is 35.4 Å². The maximum atomic E-state index is 14.1. The third kappa shape index (κ3) is 5.63. The summed E-state index contributed by atoms with van der Waals surface area (Å²) in [6.07, 6.45) is 0.359. The number of phenolic OH excluding ortho intramolecular Hbond substituents is 1. The number of hydrogen-bond donors (Lipinski definition) is 2. The van der Waals surface area contributed by atoms with Gasteiger partial charge in [0, 0.05) is 57.9 Å². The Bertz CT molecular complexity index is 1380. The van der Waals surface area contributed by atoms with Gasteiger partial charge in [-0.3, -0.25) is 19.3 Å². The summed E-state index contributed by atoms with van der Waals surface area (Å²) in [6.45, 7) is 3.92. The van der Waals surface area contributed by atoms with Gasteiger partial charge >= 0.3 is 0 Å². The average molecular weight is 554 g/mol. The second-order valence-electron chi connectivity index (χ2n) is 10.9. The first-order chi connectivity index (χ1) is 20.0. The third-order valence-electron chi connectivity index (χ3n) is 8.42. The Kier molecular flexibility index (Phi) is 7.61. The van der Waals surface area contributed by atoms with Gasteiger partial charge in [-0.25, -0.2) is 0 Å². The maximum Gasteiger partial charge on any atom is 0.246 e. The highest BCUT2D eigenvalue weighted by Gasteiger charge is 2.46. The van der Waals surface area contributed by atoms with E-state index in [-0.39, 0.29) is 23.5 Å². The van der Waals surface area contributed by atoms with Gasteiger partial charge in [-0.15, -0.1) is 0 Å². The van der Waals surface area contributed by atoms with E-state index in [1.54, 1.807) is 29.2 Å². The molecule has 0 radical (unpaired) electrons. The molecule has 1 unspecified atom stereocenters. The molecule has 3 aliphatic rings. The topological polar surface area (TPSA) is 96.4 Å². The maximum absolute atomic E-state index is 14.1. The third-order valence-corrected chi connectivity index (χ3v) is 8.42. The number of carbonyl (C=O) groups is 3. The molecule has 3 aromatic rings. The Balaban J connectivity index is 1.16. The van der Waals surface area contributed by atoms with Gasteiger partial charge < -0.3 is 25.1 Å². The lowest BCUT2D eigenvalue weighted by Crippen LogP contribution is -2.70. The van der Waals surface area contributed by atoms with Crippen molar-refractivity contribution in [2.45, 2.75) is 24.5 Å². The van der Waals surface area contributed by atoms with Crippen LogP contribution >= 0.6 is 0 Å². The summed E-state index contributed by atoms with van der Waals surface area (Å²) >= 11 is 0. The van der Waals surface area contributed by atoms with Crippen LogP contribution in [-0.2, 0) is 20.8 Å². The van der Waals surface area contributed by atoms with E-state index in [1.807, 2.05) is 53.4 Å². The van der Waals surface area contributed by atoms with E-state index >= 15 is 0 Å². The van der Waals surface area contributed by atoms with Crippen molar-refractivity contribution in [3.8, 4) is 5.75 Å². The molecule has 3 atom stereocenters. The summed E-state index contributed by atoms with van der Waals surface area (Å²) in [5.74, 6) is -0.120. The van der Waals surface area contributed by atoms with Crippen LogP contribution in [0.4, 0.5) is 5.69 Å². The summed E-state index contributed by atoms with van der Waals surface area (Å²) in [5, 5.41) is 12.5. The van der Waals surface area contributed by atoms with E-state index in [0.717, 1.165) is 29.9 Å². The van der Waals surface area contributed by atoms with E-state index in [2.05, 4.69) is 27.2 Å². The number of anilines is 1. The van der Waals surface area contributed by atoms with E-state index in [4.69, 9.17) is 0 Å². The molecule has 3 saturated heterocycles. The van der Waals surface area contributed by atoms with Gasteiger partial charge in [0.25, 0.3) is 0 Å². The Hall–Kier alpha value is -4.37. The molecule has 3 aromatic carbocycles. The lowest BCUT2D eigenvalue weighted by atomic mass is 9.96. The number of aromatic hydroxyl groups is 1. The van der Waals surface area contributed by atoms with Crippen molar-refractivity contribution in [3.05, 3.63) is 96.1 Å². The van der Waals surface area contributed by atoms with Crippen LogP contribution in [0.3, 0.4) is 0 Å². The van der Waals surface area contributed by atoms with E-state index in [9.17, 15) is 19.5 Å². The minimum Gasteiger partial charge on any atom is -0.508 e. The van der Waals surface area contributed by atoms with Crippen LogP contribution in [-0.4, -0.2) is 95.4 Å². The number of para-hydroxylation sites is 1. The lowest BCUT2D eigenvalue weighted by Gasteiger charge is -2.48. The van der Waals surface area contributed by atoms with E-state index < -0.39 is 18.1 Å².